The molecule has 9 nitrogen and oxygen atoms in total. The van der Waals surface area contributed by atoms with Crippen LogP contribution in [-0.4, -0.2) is 61.8 Å². The highest BCUT2D eigenvalue weighted by Gasteiger charge is 2.19. The molecule has 1 aromatic heterocycles. The van der Waals surface area contributed by atoms with E-state index in [1.807, 2.05) is 31.2 Å². The molecule has 3 aromatic rings. The number of carbonyl (C=O) groups is 1. The minimum Gasteiger partial charge on any atom is -0.494 e. The maximum absolute atomic E-state index is 12.8. The highest BCUT2D eigenvalue weighted by atomic mass is 16.5. The maximum atomic E-state index is 12.8. The normalized spacial score (nSPS) is 24.2. The van der Waals surface area contributed by atoms with Crippen LogP contribution in [0.25, 0.3) is 10.9 Å². The number of ether oxygens (including phenoxy) is 3. The Bertz CT molecular complexity index is 1390. The minimum absolute atomic E-state index is 0.134. The number of anilines is 2. The third-order valence-electron chi connectivity index (χ3n) is 6.46. The fourth-order valence-electron chi connectivity index (χ4n) is 4.43. The fourth-order valence-corrected chi connectivity index (χ4v) is 4.43. The molecular formula is C28H35N5O4. The van der Waals surface area contributed by atoms with Gasteiger partial charge in [-0.25, -0.2) is 9.97 Å². The predicted molar refractivity (Wildman–Crippen MR) is 144 cm³/mol. The van der Waals surface area contributed by atoms with E-state index in [9.17, 15) is 4.79 Å². The quantitative estimate of drug-likeness (QED) is 0.506. The lowest BCUT2D eigenvalue weighted by atomic mass is 10.1. The first-order valence-electron chi connectivity index (χ1n) is 14.8. The Kier molecular flexibility index (Phi) is 6.69. The molecule has 37 heavy (non-hydrogen) atoms. The van der Waals surface area contributed by atoms with Gasteiger partial charge in [-0.1, -0.05) is 25.0 Å². The minimum atomic E-state index is -2.66. The average Bonchev–Trinajstić information content (AvgIpc) is 2.94. The van der Waals surface area contributed by atoms with Gasteiger partial charge in [-0.15, -0.1) is 0 Å². The second-order valence-electron chi connectivity index (χ2n) is 9.12. The number of hydrogen-bond acceptors (Lipinski definition) is 8. The predicted octanol–water partition coefficient (Wildman–Crippen LogP) is 4.09. The van der Waals surface area contributed by atoms with E-state index >= 15 is 0 Å². The van der Waals surface area contributed by atoms with Gasteiger partial charge >= 0.3 is 0 Å². The van der Waals surface area contributed by atoms with Gasteiger partial charge in [-0.2, -0.15) is 0 Å². The van der Waals surface area contributed by atoms with Crippen LogP contribution >= 0.6 is 0 Å². The van der Waals surface area contributed by atoms with Crippen LogP contribution in [0.5, 0.6) is 11.5 Å². The molecule has 1 saturated heterocycles. The van der Waals surface area contributed by atoms with Crippen molar-refractivity contribution in [1.29, 1.82) is 0 Å². The molecule has 2 aliphatic heterocycles. The van der Waals surface area contributed by atoms with Gasteiger partial charge < -0.3 is 29.7 Å². The fraction of sp³-hybridized carbons (Fsp3) is 0.464. The molecule has 0 radical (unpaired) electrons. The number of nitrogens with one attached hydrogen (secondary N) is 2. The summed E-state index contributed by atoms with van der Waals surface area (Å²) in [4.78, 5) is 23.8. The van der Waals surface area contributed by atoms with Gasteiger partial charge in [0.1, 0.15) is 29.2 Å². The first kappa shape index (κ1) is 20.5. The molecule has 0 spiro atoms. The van der Waals surface area contributed by atoms with Crippen molar-refractivity contribution in [2.24, 2.45) is 0 Å². The summed E-state index contributed by atoms with van der Waals surface area (Å²) in [6.07, 6.45) is 3.29. The van der Waals surface area contributed by atoms with Crippen LogP contribution in [0.4, 0.5) is 11.5 Å². The molecule has 196 valence electrons. The van der Waals surface area contributed by atoms with E-state index < -0.39 is 19.0 Å². The first-order valence-corrected chi connectivity index (χ1v) is 12.8. The summed E-state index contributed by atoms with van der Waals surface area (Å²) >= 11 is 0. The number of fused-ring (bicyclic) bond motifs is 2. The van der Waals surface area contributed by atoms with E-state index in [2.05, 4.69) is 25.5 Å². The van der Waals surface area contributed by atoms with Gasteiger partial charge in [0.05, 0.1) is 31.3 Å². The SMILES string of the molecule is [2H]C1([2H])CCCCCNC(=O)C([2H])([2H])Oc2cc(N3CCOCC3)cc3c(ncnc23)N[C@H](C)c2cccc(c2)O1. The van der Waals surface area contributed by atoms with Gasteiger partial charge in [0.15, 0.2) is 6.56 Å². The standard InChI is InChI=1S/C28H35N5O4/c1-20-21-7-6-8-23(15-21)36-12-5-3-2-4-9-29-26(34)18-37-25-17-22(33-10-13-35-14-11-33)16-24-27(25)30-19-31-28(24)32-20/h6-8,15-17,19-20H,2-5,9-14,18H2,1H3,(H,29,34)(H,30,31,32)/t20-/m1/s1/i12D2,18D2. The lowest BCUT2D eigenvalue weighted by molar-refractivity contribution is -0.123. The van der Waals surface area contributed by atoms with Crippen molar-refractivity contribution in [3.63, 3.8) is 0 Å². The molecule has 1 amide bonds. The first-order chi connectivity index (χ1) is 19.6. The lowest BCUT2D eigenvalue weighted by Crippen LogP contribution is -2.36. The van der Waals surface area contributed by atoms with Crippen molar-refractivity contribution in [3.8, 4) is 11.5 Å². The smallest absolute Gasteiger partial charge is 0.257 e. The molecule has 0 unspecified atom stereocenters. The second kappa shape index (κ2) is 12.1. The van der Waals surface area contributed by atoms with Gasteiger partial charge in [0.25, 0.3) is 5.91 Å². The van der Waals surface area contributed by atoms with E-state index in [4.69, 9.17) is 19.7 Å². The van der Waals surface area contributed by atoms with Gasteiger partial charge in [-0.3, -0.25) is 4.79 Å². The van der Waals surface area contributed by atoms with Gasteiger partial charge in [0, 0.05) is 36.8 Å². The number of nitrogens with zero attached hydrogens (tertiary/aromatic N) is 3. The average molecular weight is 510 g/mol. The Morgan fingerprint density at radius 1 is 1.05 bits per heavy atom. The Morgan fingerprint density at radius 2 is 1.92 bits per heavy atom. The zero-order valence-corrected chi connectivity index (χ0v) is 21.0. The Balaban J connectivity index is 1.57. The summed E-state index contributed by atoms with van der Waals surface area (Å²) in [5.41, 5.74) is 2.01. The third-order valence-corrected chi connectivity index (χ3v) is 6.46. The van der Waals surface area contributed by atoms with Crippen LogP contribution in [0.1, 0.15) is 49.7 Å². The topological polar surface area (TPSA) is 97.8 Å². The Labute approximate surface area is 223 Å². The number of amides is 1. The molecule has 0 saturated carbocycles. The summed E-state index contributed by atoms with van der Waals surface area (Å²) in [5, 5.41) is 6.63. The van der Waals surface area contributed by atoms with E-state index in [1.165, 1.54) is 6.33 Å². The van der Waals surface area contributed by atoms with E-state index in [0.717, 1.165) is 11.3 Å². The number of hydrogen-bond donors (Lipinski definition) is 2. The number of morpholine rings is 1. The lowest BCUT2D eigenvalue weighted by Gasteiger charge is -2.29. The molecule has 2 aliphatic rings. The van der Waals surface area contributed by atoms with Crippen LogP contribution in [-0.2, 0) is 9.53 Å². The molecule has 0 aliphatic carbocycles. The Hall–Kier alpha value is -3.59. The summed E-state index contributed by atoms with van der Waals surface area (Å²) in [6, 6.07) is 10.7. The highest BCUT2D eigenvalue weighted by molar-refractivity contribution is 5.96. The molecule has 1 fully saturated rings. The zero-order valence-electron chi connectivity index (χ0n) is 25.0. The van der Waals surface area contributed by atoms with Crippen molar-refractivity contribution in [2.45, 2.75) is 38.6 Å². The number of aromatic nitrogens is 2. The van der Waals surface area contributed by atoms with Crippen molar-refractivity contribution in [1.82, 2.24) is 15.3 Å². The van der Waals surface area contributed by atoms with E-state index in [1.54, 1.807) is 12.1 Å². The zero-order chi connectivity index (χ0) is 29.0. The molecule has 2 N–H and O–H groups in total. The second-order valence-corrected chi connectivity index (χ2v) is 9.12. The molecule has 5 rings (SSSR count). The van der Waals surface area contributed by atoms with Crippen molar-refractivity contribution in [2.75, 3.05) is 56.2 Å². The monoisotopic (exact) mass is 509 g/mol. The summed E-state index contributed by atoms with van der Waals surface area (Å²) < 4.78 is 50.5. The van der Waals surface area contributed by atoms with E-state index in [0.29, 0.717) is 68.0 Å². The van der Waals surface area contributed by atoms with Crippen LogP contribution in [0, 0.1) is 0 Å². The van der Waals surface area contributed by atoms with Crippen molar-refractivity contribution >= 4 is 28.3 Å². The van der Waals surface area contributed by atoms with Gasteiger partial charge in [0.2, 0.25) is 0 Å². The molecule has 1 atom stereocenters. The van der Waals surface area contributed by atoms with Crippen molar-refractivity contribution < 1.29 is 24.5 Å². The van der Waals surface area contributed by atoms with Crippen LogP contribution < -0.4 is 25.0 Å². The molecule has 6 bridgehead atoms. The third kappa shape index (κ3) is 6.40. The number of carbonyl (C=O) groups excluding carboxylic acids is 1. The van der Waals surface area contributed by atoms with Gasteiger partial charge in [-0.05, 0) is 43.5 Å². The van der Waals surface area contributed by atoms with Crippen LogP contribution in [0.15, 0.2) is 42.7 Å². The summed E-state index contributed by atoms with van der Waals surface area (Å²) in [5.74, 6) is 0.177. The molecule has 2 aromatic carbocycles. The van der Waals surface area contributed by atoms with Crippen LogP contribution in [0.2, 0.25) is 0 Å². The molecule has 9 heteroatoms. The largest absolute Gasteiger partial charge is 0.494 e. The summed E-state index contributed by atoms with van der Waals surface area (Å²) in [6.45, 7) is 0.0739. The number of rotatable bonds is 1. The molecular weight excluding hydrogens is 470 g/mol. The van der Waals surface area contributed by atoms with E-state index in [-0.39, 0.29) is 24.8 Å². The summed E-state index contributed by atoms with van der Waals surface area (Å²) in [7, 11) is 0. The highest BCUT2D eigenvalue weighted by Crippen LogP contribution is 2.35. The Morgan fingerprint density at radius 3 is 2.81 bits per heavy atom. The maximum Gasteiger partial charge on any atom is 0.257 e. The number of benzene rings is 2. The van der Waals surface area contributed by atoms with Crippen molar-refractivity contribution in [3.05, 3.63) is 48.3 Å². The van der Waals surface area contributed by atoms with Crippen LogP contribution in [0.3, 0.4) is 0 Å². The molecule has 3 heterocycles.